The second-order valence-corrected chi connectivity index (χ2v) is 4.71. The third-order valence-electron chi connectivity index (χ3n) is 1.64. The number of halogens is 1. The number of alkyl halides is 1. The average molecular weight is 247 g/mol. The molecule has 0 heterocycles. The van der Waals surface area contributed by atoms with Gasteiger partial charge in [0.05, 0.1) is 0 Å². The largest absolute Gasteiger partial charge is 0.255 e. The Morgan fingerprint density at radius 2 is 1.92 bits per heavy atom. The molecule has 0 aliphatic heterocycles. The van der Waals surface area contributed by atoms with E-state index in [0.717, 1.165) is 16.6 Å². The van der Waals surface area contributed by atoms with Gasteiger partial charge in [-0.25, -0.2) is 0 Å². The van der Waals surface area contributed by atoms with Crippen LogP contribution in [0.2, 0.25) is 0 Å². The first kappa shape index (κ1) is 9.93. The van der Waals surface area contributed by atoms with Crippen LogP contribution >= 0.6 is 15.9 Å². The first-order chi connectivity index (χ1) is 5.74. The van der Waals surface area contributed by atoms with Crippen LogP contribution in [-0.4, -0.2) is 15.8 Å². The van der Waals surface area contributed by atoms with Crippen LogP contribution in [0.15, 0.2) is 29.2 Å². The van der Waals surface area contributed by atoms with E-state index in [1.165, 1.54) is 5.56 Å². The number of aryl methyl sites for hydroxylation is 1. The highest BCUT2D eigenvalue weighted by molar-refractivity contribution is 9.09. The van der Waals surface area contributed by atoms with Gasteiger partial charge in [0, 0.05) is 27.3 Å². The topological polar surface area (TPSA) is 17.1 Å². The molecule has 0 fully saturated rings. The Balaban J connectivity index is 2.78. The van der Waals surface area contributed by atoms with Gasteiger partial charge in [-0.2, -0.15) is 0 Å². The number of benzene rings is 1. The van der Waals surface area contributed by atoms with Crippen molar-refractivity contribution in [2.45, 2.75) is 11.3 Å². The summed E-state index contributed by atoms with van der Waals surface area (Å²) in [6.45, 7) is 0. The van der Waals surface area contributed by atoms with Gasteiger partial charge in [0.1, 0.15) is 0 Å². The van der Waals surface area contributed by atoms with E-state index in [0.29, 0.717) is 0 Å². The molecule has 66 valence electrons. The van der Waals surface area contributed by atoms with Crippen molar-refractivity contribution in [3.05, 3.63) is 29.8 Å². The molecule has 3 heteroatoms. The summed E-state index contributed by atoms with van der Waals surface area (Å²) < 4.78 is 11.0. The molecule has 1 nitrogen and oxygen atoms in total. The molecule has 1 atom stereocenters. The Bertz CT molecular complexity index is 268. The average Bonchev–Trinajstić information content (AvgIpc) is 2.06. The predicted octanol–water partition coefficient (Wildman–Crippen LogP) is 2.36. The lowest BCUT2D eigenvalue weighted by Crippen LogP contribution is -1.89. The summed E-state index contributed by atoms with van der Waals surface area (Å²) in [4.78, 5) is 0.897. The molecule has 0 radical (unpaired) electrons. The second-order valence-electron chi connectivity index (χ2n) is 2.54. The molecule has 0 aliphatic carbocycles. The Labute approximate surface area is 83.8 Å². The van der Waals surface area contributed by atoms with Gasteiger partial charge in [-0.05, 0) is 24.1 Å². The Morgan fingerprint density at radius 3 is 2.33 bits per heavy atom. The van der Waals surface area contributed by atoms with Crippen molar-refractivity contribution in [2.75, 3.05) is 11.6 Å². The van der Waals surface area contributed by atoms with Crippen LogP contribution < -0.4 is 0 Å². The van der Waals surface area contributed by atoms with E-state index in [-0.39, 0.29) is 0 Å². The molecule has 0 aliphatic rings. The van der Waals surface area contributed by atoms with Gasteiger partial charge < -0.3 is 0 Å². The fourth-order valence-corrected chi connectivity index (χ4v) is 1.93. The highest BCUT2D eigenvalue weighted by Gasteiger charge is 1.96. The lowest BCUT2D eigenvalue weighted by atomic mass is 10.2. The van der Waals surface area contributed by atoms with E-state index in [1.807, 2.05) is 24.3 Å². The van der Waals surface area contributed by atoms with Gasteiger partial charge in [-0.15, -0.1) is 0 Å². The lowest BCUT2D eigenvalue weighted by molar-refractivity contribution is 0.687. The SMILES string of the molecule is C[S@@](=O)c1ccc(CCBr)cc1. The second kappa shape index (κ2) is 4.77. The minimum Gasteiger partial charge on any atom is -0.255 e. The van der Waals surface area contributed by atoms with Crippen molar-refractivity contribution >= 4 is 26.7 Å². The molecular weight excluding hydrogens is 236 g/mol. The molecule has 0 bridgehead atoms. The molecule has 0 N–H and O–H groups in total. The van der Waals surface area contributed by atoms with E-state index < -0.39 is 10.8 Å². The molecule has 0 spiro atoms. The summed E-state index contributed by atoms with van der Waals surface area (Å²) in [7, 11) is -0.853. The predicted molar refractivity (Wildman–Crippen MR) is 56.3 cm³/mol. The molecule has 12 heavy (non-hydrogen) atoms. The maximum atomic E-state index is 11.0. The highest BCUT2D eigenvalue weighted by atomic mass is 79.9. The van der Waals surface area contributed by atoms with E-state index in [9.17, 15) is 4.21 Å². The van der Waals surface area contributed by atoms with Crippen LogP contribution in [0.1, 0.15) is 5.56 Å². The van der Waals surface area contributed by atoms with E-state index in [4.69, 9.17) is 0 Å². The zero-order chi connectivity index (χ0) is 8.97. The smallest absolute Gasteiger partial charge is 0.0498 e. The van der Waals surface area contributed by atoms with Gasteiger partial charge in [-0.1, -0.05) is 28.1 Å². The summed E-state index contributed by atoms with van der Waals surface area (Å²) >= 11 is 3.37. The van der Waals surface area contributed by atoms with E-state index >= 15 is 0 Å². The number of hydrogen-bond acceptors (Lipinski definition) is 1. The summed E-state index contributed by atoms with van der Waals surface area (Å²) in [6, 6.07) is 7.90. The molecule has 1 aromatic rings. The van der Waals surface area contributed by atoms with Crippen LogP contribution in [0.25, 0.3) is 0 Å². The van der Waals surface area contributed by atoms with Crippen molar-refractivity contribution < 1.29 is 4.21 Å². The molecule has 0 saturated heterocycles. The molecule has 0 saturated carbocycles. The van der Waals surface area contributed by atoms with Gasteiger partial charge >= 0.3 is 0 Å². The normalized spacial score (nSPS) is 12.8. The van der Waals surface area contributed by atoms with Crippen molar-refractivity contribution in [1.82, 2.24) is 0 Å². The third kappa shape index (κ3) is 2.72. The number of hydrogen-bond donors (Lipinski definition) is 0. The summed E-state index contributed by atoms with van der Waals surface area (Å²) in [5.41, 5.74) is 1.28. The molecule has 1 aromatic carbocycles. The first-order valence-corrected chi connectivity index (χ1v) is 6.40. The van der Waals surface area contributed by atoms with Crippen molar-refractivity contribution in [3.63, 3.8) is 0 Å². The quantitative estimate of drug-likeness (QED) is 0.749. The van der Waals surface area contributed by atoms with Crippen LogP contribution in [0.3, 0.4) is 0 Å². The minimum atomic E-state index is -0.853. The van der Waals surface area contributed by atoms with Crippen LogP contribution in [0.4, 0.5) is 0 Å². The summed E-state index contributed by atoms with van der Waals surface area (Å²) in [5.74, 6) is 0. The molecule has 0 amide bonds. The molecular formula is C9H11BrOS. The lowest BCUT2D eigenvalue weighted by Gasteiger charge is -1.99. The maximum absolute atomic E-state index is 11.0. The fourth-order valence-electron chi connectivity index (χ4n) is 0.957. The fraction of sp³-hybridized carbons (Fsp3) is 0.333. The molecule has 0 unspecified atom stereocenters. The molecule has 1 rings (SSSR count). The zero-order valence-corrected chi connectivity index (χ0v) is 9.32. The van der Waals surface area contributed by atoms with Gasteiger partial charge in [-0.3, -0.25) is 4.21 Å². The maximum Gasteiger partial charge on any atom is 0.0498 e. The van der Waals surface area contributed by atoms with E-state index in [2.05, 4.69) is 15.9 Å². The van der Waals surface area contributed by atoms with Crippen molar-refractivity contribution in [1.29, 1.82) is 0 Å². The van der Waals surface area contributed by atoms with Gasteiger partial charge in [0.2, 0.25) is 0 Å². The van der Waals surface area contributed by atoms with Gasteiger partial charge in [0.15, 0.2) is 0 Å². The van der Waals surface area contributed by atoms with Crippen molar-refractivity contribution in [3.8, 4) is 0 Å². The Morgan fingerprint density at radius 1 is 1.33 bits per heavy atom. The van der Waals surface area contributed by atoms with Crippen LogP contribution in [0, 0.1) is 0 Å². The van der Waals surface area contributed by atoms with E-state index in [1.54, 1.807) is 6.26 Å². The summed E-state index contributed by atoms with van der Waals surface area (Å²) in [5, 5.41) is 0.974. The van der Waals surface area contributed by atoms with Crippen molar-refractivity contribution in [2.24, 2.45) is 0 Å². The monoisotopic (exact) mass is 246 g/mol. The summed E-state index contributed by atoms with van der Waals surface area (Å²) in [6.07, 6.45) is 2.72. The Hall–Kier alpha value is -0.150. The Kier molecular flexibility index (Phi) is 3.95. The highest BCUT2D eigenvalue weighted by Crippen LogP contribution is 2.08. The number of rotatable bonds is 3. The third-order valence-corrected chi connectivity index (χ3v) is 2.97. The standard InChI is InChI=1S/C9H11BrOS/c1-12(11)9-4-2-8(3-5-9)6-7-10/h2-5H,6-7H2,1H3/t12-/m1/s1. The first-order valence-electron chi connectivity index (χ1n) is 3.72. The van der Waals surface area contributed by atoms with Crippen LogP contribution in [-0.2, 0) is 17.2 Å². The minimum absolute atomic E-state index is 0.853. The van der Waals surface area contributed by atoms with Gasteiger partial charge in [0.25, 0.3) is 0 Å². The van der Waals surface area contributed by atoms with Crippen LogP contribution in [0.5, 0.6) is 0 Å². The zero-order valence-electron chi connectivity index (χ0n) is 6.92. The molecule has 0 aromatic heterocycles.